The first-order chi connectivity index (χ1) is 12.8. The normalized spacial score (nSPS) is 11.0. The molecule has 8 heteroatoms. The zero-order chi connectivity index (χ0) is 19.7. The number of thiazole rings is 1. The highest BCUT2D eigenvalue weighted by Crippen LogP contribution is 2.30. The van der Waals surface area contributed by atoms with Gasteiger partial charge in [0.25, 0.3) is 5.91 Å². The van der Waals surface area contributed by atoms with Crippen LogP contribution in [0.3, 0.4) is 0 Å². The number of carbonyl (C=O) groups excluding carboxylic acids is 2. The third-order valence-electron chi connectivity index (χ3n) is 4.03. The zero-order valence-corrected chi connectivity index (χ0v) is 16.6. The highest BCUT2D eigenvalue weighted by molar-refractivity contribution is 7.22. The monoisotopic (exact) mass is 387 g/mol. The van der Waals surface area contributed by atoms with Crippen molar-refractivity contribution in [1.29, 1.82) is 0 Å². The Kier molecular flexibility index (Phi) is 5.18. The van der Waals surface area contributed by atoms with Crippen LogP contribution in [0, 0.1) is 13.8 Å². The molecule has 0 unspecified atom stereocenters. The van der Waals surface area contributed by atoms with Crippen molar-refractivity contribution < 1.29 is 19.1 Å². The number of carbonyl (C=O) groups is 2. The highest BCUT2D eigenvalue weighted by atomic mass is 32.1. The van der Waals surface area contributed by atoms with E-state index >= 15 is 0 Å². The molecule has 2 N–H and O–H groups in total. The van der Waals surface area contributed by atoms with Gasteiger partial charge in [0.05, 0.1) is 29.0 Å². The summed E-state index contributed by atoms with van der Waals surface area (Å²) >= 11 is 1.35. The first-order valence-corrected chi connectivity index (χ1v) is 9.28. The van der Waals surface area contributed by atoms with E-state index in [1.54, 1.807) is 34.8 Å². The summed E-state index contributed by atoms with van der Waals surface area (Å²) in [5, 5.41) is 3.26. The molecule has 3 rings (SSSR count). The number of esters is 1. The lowest BCUT2D eigenvalue weighted by molar-refractivity contribution is 0.0376. The summed E-state index contributed by atoms with van der Waals surface area (Å²) in [6.45, 7) is 7.03. The molecule has 0 aliphatic carbocycles. The predicted molar refractivity (Wildman–Crippen MR) is 105 cm³/mol. The molecule has 7 nitrogen and oxygen atoms in total. The highest BCUT2D eigenvalue weighted by Gasteiger charge is 2.24. The van der Waals surface area contributed by atoms with Crippen molar-refractivity contribution in [2.45, 2.75) is 33.8 Å². The summed E-state index contributed by atoms with van der Waals surface area (Å²) in [7, 11) is 1.60. The van der Waals surface area contributed by atoms with E-state index in [-0.39, 0.29) is 12.0 Å². The molecule has 0 saturated heterocycles. The Labute approximate surface area is 160 Å². The summed E-state index contributed by atoms with van der Waals surface area (Å²) in [4.78, 5) is 32.4. The summed E-state index contributed by atoms with van der Waals surface area (Å²) in [6.07, 6.45) is -0.233. The van der Waals surface area contributed by atoms with Crippen molar-refractivity contribution in [2.75, 3.05) is 12.4 Å². The van der Waals surface area contributed by atoms with Crippen LogP contribution >= 0.6 is 11.3 Å². The van der Waals surface area contributed by atoms with Crippen molar-refractivity contribution in [3.8, 4) is 5.75 Å². The fourth-order valence-electron chi connectivity index (χ4n) is 2.80. The maximum atomic E-state index is 12.7. The SMILES string of the molecule is COc1ccc2nc(NC(=O)c3[nH]c(C)c(C(=O)OC(C)C)c3C)sc2c1. The third kappa shape index (κ3) is 3.80. The number of methoxy groups -OCH3 is 1. The summed E-state index contributed by atoms with van der Waals surface area (Å²) in [5.41, 5.74) is 2.63. The smallest absolute Gasteiger partial charge is 0.340 e. The third-order valence-corrected chi connectivity index (χ3v) is 4.96. The van der Waals surface area contributed by atoms with Gasteiger partial charge < -0.3 is 14.5 Å². The first-order valence-electron chi connectivity index (χ1n) is 8.46. The molecule has 3 aromatic rings. The lowest BCUT2D eigenvalue weighted by atomic mass is 10.1. The van der Waals surface area contributed by atoms with Crippen LogP contribution in [0.1, 0.15) is 46.0 Å². The fourth-order valence-corrected chi connectivity index (χ4v) is 3.69. The van der Waals surface area contributed by atoms with Crippen molar-refractivity contribution in [3.63, 3.8) is 0 Å². The second-order valence-electron chi connectivity index (χ2n) is 6.39. The van der Waals surface area contributed by atoms with Crippen LogP contribution < -0.4 is 10.1 Å². The number of nitrogens with one attached hydrogen (secondary N) is 2. The lowest BCUT2D eigenvalue weighted by Gasteiger charge is -2.08. The molecular weight excluding hydrogens is 366 g/mol. The van der Waals surface area contributed by atoms with Crippen molar-refractivity contribution in [2.24, 2.45) is 0 Å². The van der Waals surface area contributed by atoms with Crippen LogP contribution in [-0.4, -0.2) is 35.1 Å². The number of aromatic amines is 1. The van der Waals surface area contributed by atoms with Crippen LogP contribution in [0.25, 0.3) is 10.2 Å². The average molecular weight is 387 g/mol. The van der Waals surface area contributed by atoms with E-state index in [4.69, 9.17) is 9.47 Å². The van der Waals surface area contributed by atoms with Crippen molar-refractivity contribution in [3.05, 3.63) is 40.7 Å². The number of fused-ring (bicyclic) bond motifs is 1. The number of anilines is 1. The zero-order valence-electron chi connectivity index (χ0n) is 15.8. The molecule has 27 heavy (non-hydrogen) atoms. The average Bonchev–Trinajstić information content (AvgIpc) is 3.12. The maximum Gasteiger partial charge on any atom is 0.340 e. The second-order valence-corrected chi connectivity index (χ2v) is 7.42. The van der Waals surface area contributed by atoms with Gasteiger partial charge in [-0.2, -0.15) is 0 Å². The number of hydrogen-bond acceptors (Lipinski definition) is 6. The molecule has 1 aromatic carbocycles. The Bertz CT molecular complexity index is 1020. The van der Waals surface area contributed by atoms with E-state index in [1.165, 1.54) is 11.3 Å². The van der Waals surface area contributed by atoms with E-state index in [0.29, 0.717) is 27.6 Å². The summed E-state index contributed by atoms with van der Waals surface area (Å²) in [5.74, 6) is -0.0687. The van der Waals surface area contributed by atoms with Gasteiger partial charge in [-0.1, -0.05) is 11.3 Å². The molecule has 2 heterocycles. The van der Waals surface area contributed by atoms with Gasteiger partial charge in [-0.25, -0.2) is 9.78 Å². The molecule has 0 fully saturated rings. The molecule has 142 valence electrons. The van der Waals surface area contributed by atoms with Crippen LogP contribution in [0.4, 0.5) is 5.13 Å². The van der Waals surface area contributed by atoms with Crippen LogP contribution in [0.5, 0.6) is 5.75 Å². The maximum absolute atomic E-state index is 12.7. The summed E-state index contributed by atoms with van der Waals surface area (Å²) in [6, 6.07) is 5.52. The Hall–Kier alpha value is -2.87. The minimum atomic E-state index is -0.442. The van der Waals surface area contributed by atoms with Crippen LogP contribution in [0.15, 0.2) is 18.2 Å². The molecule has 0 atom stereocenters. The number of aryl methyl sites for hydroxylation is 1. The molecule has 1 amide bonds. The van der Waals surface area contributed by atoms with Gasteiger partial charge in [0, 0.05) is 5.69 Å². The number of ether oxygens (including phenoxy) is 2. The molecule has 0 bridgehead atoms. The largest absolute Gasteiger partial charge is 0.497 e. The summed E-state index contributed by atoms with van der Waals surface area (Å²) < 4.78 is 11.4. The quantitative estimate of drug-likeness (QED) is 0.644. The molecule has 0 aliphatic heterocycles. The number of aromatic nitrogens is 2. The van der Waals surface area contributed by atoms with Gasteiger partial charge in [0.2, 0.25) is 0 Å². The number of nitrogens with zero attached hydrogens (tertiary/aromatic N) is 1. The Morgan fingerprint density at radius 3 is 2.67 bits per heavy atom. The number of rotatable bonds is 5. The van der Waals surface area contributed by atoms with Gasteiger partial charge in [-0.3, -0.25) is 10.1 Å². The number of benzene rings is 1. The molecular formula is C19H21N3O4S. The van der Waals surface area contributed by atoms with Gasteiger partial charge in [0.1, 0.15) is 11.4 Å². The Balaban J connectivity index is 1.85. The van der Waals surface area contributed by atoms with Crippen molar-refractivity contribution in [1.82, 2.24) is 9.97 Å². The minimum absolute atomic E-state index is 0.233. The van der Waals surface area contributed by atoms with E-state index < -0.39 is 5.97 Å². The van der Waals surface area contributed by atoms with E-state index in [9.17, 15) is 9.59 Å². The van der Waals surface area contributed by atoms with Gasteiger partial charge >= 0.3 is 5.97 Å². The lowest BCUT2D eigenvalue weighted by Crippen LogP contribution is -2.15. The minimum Gasteiger partial charge on any atom is -0.497 e. The van der Waals surface area contributed by atoms with Gasteiger partial charge in [0.15, 0.2) is 5.13 Å². The molecule has 0 spiro atoms. The fraction of sp³-hybridized carbons (Fsp3) is 0.316. The number of amides is 1. The number of hydrogen-bond donors (Lipinski definition) is 2. The molecule has 2 aromatic heterocycles. The molecule has 0 saturated carbocycles. The molecule has 0 aliphatic rings. The van der Waals surface area contributed by atoms with Gasteiger partial charge in [-0.15, -0.1) is 0 Å². The topological polar surface area (TPSA) is 93.3 Å². The van der Waals surface area contributed by atoms with Gasteiger partial charge in [-0.05, 0) is 51.5 Å². The molecule has 0 radical (unpaired) electrons. The predicted octanol–water partition coefficient (Wildman–Crippen LogP) is 4.07. The Morgan fingerprint density at radius 1 is 1.26 bits per heavy atom. The van der Waals surface area contributed by atoms with E-state index in [1.807, 2.05) is 18.2 Å². The second kappa shape index (κ2) is 7.40. The van der Waals surface area contributed by atoms with Crippen LogP contribution in [0.2, 0.25) is 0 Å². The number of H-pyrrole nitrogens is 1. The first kappa shape index (κ1) is 18.9. The van der Waals surface area contributed by atoms with E-state index in [2.05, 4.69) is 15.3 Å². The van der Waals surface area contributed by atoms with E-state index in [0.717, 1.165) is 16.0 Å². The standard InChI is InChI=1S/C19H21N3O4S/c1-9(2)26-18(24)15-10(3)16(20-11(15)4)17(23)22-19-21-13-7-6-12(25-5)8-14(13)27-19/h6-9,20H,1-5H3,(H,21,22,23). The van der Waals surface area contributed by atoms with Crippen LogP contribution in [-0.2, 0) is 4.74 Å². The van der Waals surface area contributed by atoms with Crippen molar-refractivity contribution >= 4 is 38.6 Å². The Morgan fingerprint density at radius 2 is 2.00 bits per heavy atom.